The van der Waals surface area contributed by atoms with Gasteiger partial charge in [-0.1, -0.05) is 47.5 Å². The van der Waals surface area contributed by atoms with Gasteiger partial charge < -0.3 is 4.74 Å². The summed E-state index contributed by atoms with van der Waals surface area (Å²) >= 11 is 11.9. The number of hydrogen-bond acceptors (Lipinski definition) is 3. The third kappa shape index (κ3) is 3.93. The summed E-state index contributed by atoms with van der Waals surface area (Å²) in [5.41, 5.74) is 0.733. The van der Waals surface area contributed by atoms with Crippen LogP contribution in [0.5, 0.6) is 5.75 Å². The topological polar surface area (TPSA) is 55.4 Å². The summed E-state index contributed by atoms with van der Waals surface area (Å²) in [6.07, 6.45) is 0. The van der Waals surface area contributed by atoms with Crippen molar-refractivity contribution in [2.75, 3.05) is 6.61 Å². The normalized spacial score (nSPS) is 11.4. The summed E-state index contributed by atoms with van der Waals surface area (Å²) in [5.74, 6) is 0.637. The molecule has 4 nitrogen and oxygen atoms in total. The first-order valence-corrected chi connectivity index (χ1v) is 8.84. The Morgan fingerprint density at radius 3 is 2.32 bits per heavy atom. The zero-order chi connectivity index (χ0) is 16.2. The van der Waals surface area contributed by atoms with Gasteiger partial charge in [-0.3, -0.25) is 0 Å². The largest absolute Gasteiger partial charge is 0.494 e. The van der Waals surface area contributed by atoms with Gasteiger partial charge in [0.15, 0.2) is 0 Å². The standard InChI is InChI=1S/C15H15Cl2NO3S/c1-2-21-14-9-4-3-6-11(14)10-18-22(19,20)15-12(16)7-5-8-13(15)17/h3-9,18H,2,10H2,1H3. The maximum absolute atomic E-state index is 12.4. The van der Waals surface area contributed by atoms with E-state index in [0.717, 1.165) is 5.56 Å². The maximum Gasteiger partial charge on any atom is 0.243 e. The first-order chi connectivity index (χ1) is 10.5. The van der Waals surface area contributed by atoms with E-state index in [0.29, 0.717) is 12.4 Å². The lowest BCUT2D eigenvalue weighted by atomic mass is 10.2. The zero-order valence-corrected chi connectivity index (χ0v) is 14.2. The van der Waals surface area contributed by atoms with E-state index in [2.05, 4.69) is 4.72 Å². The van der Waals surface area contributed by atoms with Crippen molar-refractivity contribution in [3.8, 4) is 5.75 Å². The van der Waals surface area contributed by atoms with Gasteiger partial charge in [0.2, 0.25) is 10.0 Å². The Kier molecular flexibility index (Phi) is 5.69. The van der Waals surface area contributed by atoms with Gasteiger partial charge >= 0.3 is 0 Å². The van der Waals surface area contributed by atoms with Crippen molar-refractivity contribution < 1.29 is 13.2 Å². The maximum atomic E-state index is 12.4. The molecule has 0 bridgehead atoms. The van der Waals surface area contributed by atoms with Gasteiger partial charge in [0.25, 0.3) is 0 Å². The van der Waals surface area contributed by atoms with Crippen LogP contribution in [0.3, 0.4) is 0 Å². The van der Waals surface area contributed by atoms with Gasteiger partial charge in [-0.15, -0.1) is 0 Å². The lowest BCUT2D eigenvalue weighted by Gasteiger charge is -2.12. The second kappa shape index (κ2) is 7.33. The van der Waals surface area contributed by atoms with Crippen LogP contribution in [-0.4, -0.2) is 15.0 Å². The van der Waals surface area contributed by atoms with E-state index in [1.165, 1.54) is 12.1 Å². The quantitative estimate of drug-likeness (QED) is 0.851. The molecule has 2 rings (SSSR count). The SMILES string of the molecule is CCOc1ccccc1CNS(=O)(=O)c1c(Cl)cccc1Cl. The highest BCUT2D eigenvalue weighted by atomic mass is 35.5. The van der Waals surface area contributed by atoms with E-state index in [4.69, 9.17) is 27.9 Å². The summed E-state index contributed by atoms with van der Waals surface area (Å²) in [4.78, 5) is -0.118. The minimum atomic E-state index is -3.82. The first-order valence-electron chi connectivity index (χ1n) is 6.60. The Bertz CT molecular complexity index is 743. The van der Waals surface area contributed by atoms with E-state index >= 15 is 0 Å². The third-order valence-electron chi connectivity index (χ3n) is 2.91. The number of rotatable bonds is 6. The minimum absolute atomic E-state index is 0.0816. The second-order valence-corrected chi connectivity index (χ2v) is 6.93. The average molecular weight is 360 g/mol. The van der Waals surface area contributed by atoms with E-state index in [1.807, 2.05) is 19.1 Å². The van der Waals surface area contributed by atoms with E-state index in [-0.39, 0.29) is 21.5 Å². The predicted octanol–water partition coefficient (Wildman–Crippen LogP) is 3.87. The summed E-state index contributed by atoms with van der Waals surface area (Å²) in [6, 6.07) is 11.8. The summed E-state index contributed by atoms with van der Waals surface area (Å²) in [6.45, 7) is 2.45. The molecule has 2 aromatic rings. The molecule has 0 aliphatic carbocycles. The molecule has 118 valence electrons. The molecule has 7 heteroatoms. The first kappa shape index (κ1) is 17.1. The van der Waals surface area contributed by atoms with Crippen LogP contribution in [0.15, 0.2) is 47.4 Å². The molecule has 0 heterocycles. The molecule has 0 aliphatic rings. The van der Waals surface area contributed by atoms with Crippen LogP contribution in [0.4, 0.5) is 0 Å². The monoisotopic (exact) mass is 359 g/mol. The lowest BCUT2D eigenvalue weighted by Crippen LogP contribution is -2.24. The van der Waals surface area contributed by atoms with Crippen LogP contribution in [-0.2, 0) is 16.6 Å². The van der Waals surface area contributed by atoms with Crippen LogP contribution >= 0.6 is 23.2 Å². The number of hydrogen-bond donors (Lipinski definition) is 1. The summed E-state index contributed by atoms with van der Waals surface area (Å²) in [5, 5.41) is 0.163. The second-order valence-electron chi connectivity index (χ2n) is 4.42. The van der Waals surface area contributed by atoms with Gasteiger partial charge in [0.05, 0.1) is 16.7 Å². The Balaban J connectivity index is 2.24. The molecule has 22 heavy (non-hydrogen) atoms. The fourth-order valence-electron chi connectivity index (χ4n) is 1.93. The van der Waals surface area contributed by atoms with Crippen molar-refractivity contribution in [2.24, 2.45) is 0 Å². The van der Waals surface area contributed by atoms with Gasteiger partial charge in [-0.05, 0) is 25.1 Å². The summed E-state index contributed by atoms with van der Waals surface area (Å²) in [7, 11) is -3.82. The predicted molar refractivity (Wildman–Crippen MR) is 88.1 cm³/mol. The van der Waals surface area contributed by atoms with Crippen molar-refractivity contribution in [1.82, 2.24) is 4.72 Å². The molecular formula is C15H15Cl2NO3S. The fourth-order valence-corrected chi connectivity index (χ4v) is 4.08. The summed E-state index contributed by atoms with van der Waals surface area (Å²) < 4.78 is 32.8. The fraction of sp³-hybridized carbons (Fsp3) is 0.200. The lowest BCUT2D eigenvalue weighted by molar-refractivity contribution is 0.336. The molecular weight excluding hydrogens is 345 g/mol. The van der Waals surface area contributed by atoms with Crippen LogP contribution in [0, 0.1) is 0 Å². The van der Waals surface area contributed by atoms with Crippen LogP contribution in [0.2, 0.25) is 10.0 Å². The smallest absolute Gasteiger partial charge is 0.243 e. The third-order valence-corrected chi connectivity index (χ3v) is 5.27. The highest BCUT2D eigenvalue weighted by Crippen LogP contribution is 2.29. The number of para-hydroxylation sites is 1. The van der Waals surface area contributed by atoms with Crippen molar-refractivity contribution in [3.63, 3.8) is 0 Å². The molecule has 0 unspecified atom stereocenters. The van der Waals surface area contributed by atoms with Gasteiger partial charge in [0, 0.05) is 12.1 Å². The molecule has 0 atom stereocenters. The van der Waals surface area contributed by atoms with Gasteiger partial charge in [-0.2, -0.15) is 0 Å². The van der Waals surface area contributed by atoms with Crippen LogP contribution in [0.1, 0.15) is 12.5 Å². The highest BCUT2D eigenvalue weighted by Gasteiger charge is 2.21. The van der Waals surface area contributed by atoms with Crippen molar-refractivity contribution >= 4 is 33.2 Å². The number of halogens is 2. The van der Waals surface area contributed by atoms with E-state index in [1.54, 1.807) is 18.2 Å². The van der Waals surface area contributed by atoms with Crippen LogP contribution < -0.4 is 9.46 Å². The number of benzene rings is 2. The Morgan fingerprint density at radius 2 is 1.68 bits per heavy atom. The van der Waals surface area contributed by atoms with Crippen molar-refractivity contribution in [3.05, 3.63) is 58.1 Å². The number of ether oxygens (including phenoxy) is 1. The Hall–Kier alpha value is -1.27. The van der Waals surface area contributed by atoms with E-state index < -0.39 is 10.0 Å². The van der Waals surface area contributed by atoms with Crippen molar-refractivity contribution in [2.45, 2.75) is 18.4 Å². The number of nitrogens with one attached hydrogen (secondary N) is 1. The van der Waals surface area contributed by atoms with Gasteiger partial charge in [-0.25, -0.2) is 13.1 Å². The number of sulfonamides is 1. The Labute approximate surface area is 140 Å². The van der Waals surface area contributed by atoms with Crippen LogP contribution in [0.25, 0.3) is 0 Å². The average Bonchev–Trinajstić information content (AvgIpc) is 2.46. The molecule has 0 radical (unpaired) electrons. The van der Waals surface area contributed by atoms with E-state index in [9.17, 15) is 8.42 Å². The van der Waals surface area contributed by atoms with Crippen molar-refractivity contribution in [1.29, 1.82) is 0 Å². The molecule has 1 N–H and O–H groups in total. The molecule has 0 saturated heterocycles. The zero-order valence-electron chi connectivity index (χ0n) is 11.8. The molecule has 0 aliphatic heterocycles. The molecule has 0 spiro atoms. The molecule has 0 fully saturated rings. The molecule has 2 aromatic carbocycles. The molecule has 0 saturated carbocycles. The highest BCUT2D eigenvalue weighted by molar-refractivity contribution is 7.89. The minimum Gasteiger partial charge on any atom is -0.494 e. The Morgan fingerprint density at radius 1 is 1.05 bits per heavy atom. The van der Waals surface area contributed by atoms with Gasteiger partial charge in [0.1, 0.15) is 10.6 Å². The molecule has 0 aromatic heterocycles. The molecule has 0 amide bonds.